The summed E-state index contributed by atoms with van der Waals surface area (Å²) in [6.45, 7) is 3.62. The number of hydrogen-bond acceptors (Lipinski definition) is 11. The van der Waals surface area contributed by atoms with Crippen LogP contribution in [-0.2, 0) is 38.7 Å². The number of unbranched alkanes of at least 4 members (excludes halogenated alkanes) is 19. The molecule has 0 bridgehead atoms. The quantitative estimate of drug-likeness (QED) is 0.0198. The lowest BCUT2D eigenvalue weighted by molar-refractivity contribution is -0.297. The highest BCUT2D eigenvalue weighted by Crippen LogP contribution is 2.24. The molecular weight excluding hydrogens is 801 g/mol. The van der Waals surface area contributed by atoms with Crippen molar-refractivity contribution in [3.63, 3.8) is 0 Å². The Hall–Kier alpha value is -2.39. The van der Waals surface area contributed by atoms with E-state index in [1.54, 1.807) is 0 Å². The molecule has 1 aliphatic heterocycles. The topological polar surface area (TPSA) is 186 Å². The number of aliphatic hydroxyl groups excluding tert-OH is 3. The van der Waals surface area contributed by atoms with E-state index in [4.69, 9.17) is 18.9 Å². The monoisotopic (exact) mass is 885 g/mol. The molecule has 61 heavy (non-hydrogen) atoms. The summed E-state index contributed by atoms with van der Waals surface area (Å²) in [6.07, 6.45) is 35.9. The molecule has 0 aromatic heterocycles. The van der Waals surface area contributed by atoms with Crippen molar-refractivity contribution in [2.24, 2.45) is 0 Å². The summed E-state index contributed by atoms with van der Waals surface area (Å²) < 4.78 is 54.1. The Morgan fingerprint density at radius 1 is 0.574 bits per heavy atom. The van der Waals surface area contributed by atoms with Crippen LogP contribution in [-0.4, -0.2) is 96.0 Å². The molecule has 0 saturated carbocycles. The molecule has 1 heterocycles. The van der Waals surface area contributed by atoms with E-state index in [0.717, 1.165) is 57.8 Å². The minimum absolute atomic E-state index is 0.157. The first-order valence-corrected chi connectivity index (χ1v) is 25.3. The zero-order chi connectivity index (χ0) is 44.8. The lowest BCUT2D eigenvalue weighted by Gasteiger charge is -2.40. The molecule has 1 rings (SSSR count). The zero-order valence-electron chi connectivity index (χ0n) is 37.8. The first-order valence-electron chi connectivity index (χ1n) is 23.7. The average Bonchev–Trinajstić information content (AvgIpc) is 3.22. The van der Waals surface area contributed by atoms with Crippen LogP contribution >= 0.6 is 0 Å². The maximum atomic E-state index is 12.8. The summed E-state index contributed by atoms with van der Waals surface area (Å²) in [5.74, 6) is -2.03. The van der Waals surface area contributed by atoms with Gasteiger partial charge in [-0.2, -0.15) is 8.42 Å². The minimum atomic E-state index is -4.61. The molecule has 0 radical (unpaired) electrons. The smallest absolute Gasteiger partial charge is 0.306 e. The molecule has 1 saturated heterocycles. The van der Waals surface area contributed by atoms with Crippen molar-refractivity contribution in [1.29, 1.82) is 0 Å². The first-order chi connectivity index (χ1) is 29.5. The third kappa shape index (κ3) is 32.9. The van der Waals surface area contributed by atoms with E-state index < -0.39 is 71.2 Å². The average molecular weight is 885 g/mol. The van der Waals surface area contributed by atoms with Gasteiger partial charge in [0, 0.05) is 12.8 Å². The molecule has 13 heteroatoms. The van der Waals surface area contributed by atoms with Gasteiger partial charge in [0.2, 0.25) is 0 Å². The molecule has 12 nitrogen and oxygen atoms in total. The number of esters is 2. The number of carbonyl (C=O) groups excluding carboxylic acids is 2. The van der Waals surface area contributed by atoms with Gasteiger partial charge in [-0.05, 0) is 51.4 Å². The summed E-state index contributed by atoms with van der Waals surface area (Å²) >= 11 is 0. The molecule has 354 valence electrons. The van der Waals surface area contributed by atoms with Gasteiger partial charge >= 0.3 is 11.9 Å². The van der Waals surface area contributed by atoms with Gasteiger partial charge in [-0.15, -0.1) is 0 Å². The van der Waals surface area contributed by atoms with Gasteiger partial charge in [0.15, 0.2) is 12.4 Å². The molecule has 0 spiro atoms. The molecule has 0 aliphatic carbocycles. The van der Waals surface area contributed by atoms with Gasteiger partial charge in [0.05, 0.1) is 6.61 Å². The SMILES string of the molecule is CC/C=C/C/C=C/C/C=C/C/C=C/CCCCC(=O)OC[C@H](CO[C@H]1O[C@H](CS(=O)(=O)O)[C@@H](O)C(O)C1O)OC(=O)CCCCCCCCCCCCCCCCCCCC. The van der Waals surface area contributed by atoms with Gasteiger partial charge in [0.1, 0.15) is 36.8 Å². The molecule has 4 N–H and O–H groups in total. The van der Waals surface area contributed by atoms with Gasteiger partial charge in [-0.3, -0.25) is 14.1 Å². The Balaban J connectivity index is 2.44. The van der Waals surface area contributed by atoms with Crippen LogP contribution in [0.15, 0.2) is 48.6 Å². The Kier molecular flexibility index (Phi) is 35.4. The lowest BCUT2D eigenvalue weighted by Crippen LogP contribution is -2.60. The second kappa shape index (κ2) is 38.1. The van der Waals surface area contributed by atoms with Crippen molar-refractivity contribution < 1.29 is 56.8 Å². The normalized spacial score (nSPS) is 20.4. The van der Waals surface area contributed by atoms with E-state index >= 15 is 0 Å². The fourth-order valence-electron chi connectivity index (χ4n) is 7.02. The molecule has 2 unspecified atom stereocenters. The fraction of sp³-hybridized carbons (Fsp3) is 0.792. The van der Waals surface area contributed by atoms with E-state index in [0.29, 0.717) is 12.8 Å². The maximum absolute atomic E-state index is 12.8. The molecular formula is C48H84O12S. The molecule has 1 aliphatic rings. The highest BCUT2D eigenvalue weighted by atomic mass is 32.2. The Bertz CT molecular complexity index is 1310. The van der Waals surface area contributed by atoms with Crippen molar-refractivity contribution in [2.75, 3.05) is 19.0 Å². The standard InChI is InChI=1S/C48H84O12S/c1-3-5-7-9-11-13-15-17-19-20-21-23-25-27-29-31-33-35-37-44(50)59-41(39-58-48-47(53)46(52)45(51)42(60-48)40-61(54,55)56)38-57-43(49)36-34-32-30-28-26-24-22-18-16-14-12-10-8-6-4-2/h6,8,12,14,18,22,26,28,41-42,45-48,51-53H,3-5,7,9-11,13,15-17,19-21,23-25,27,29-40H2,1-2H3,(H,54,55,56)/b8-6+,14-12+,22-18+,28-26+/t41-,42-,45-,46?,47?,48+/m1/s1. The second-order valence-corrected chi connectivity index (χ2v) is 17.9. The first kappa shape index (κ1) is 56.6. The van der Waals surface area contributed by atoms with Crippen molar-refractivity contribution >= 4 is 22.1 Å². The molecule has 0 amide bonds. The van der Waals surface area contributed by atoms with Gasteiger partial charge in [0.25, 0.3) is 10.1 Å². The van der Waals surface area contributed by atoms with Gasteiger partial charge < -0.3 is 34.3 Å². The van der Waals surface area contributed by atoms with E-state index in [2.05, 4.69) is 62.5 Å². The summed E-state index contributed by atoms with van der Waals surface area (Å²) in [5.41, 5.74) is 0. The Morgan fingerprint density at radius 3 is 1.54 bits per heavy atom. The molecule has 0 aromatic carbocycles. The molecule has 0 aromatic rings. The fourth-order valence-corrected chi connectivity index (χ4v) is 7.71. The number of carbonyl (C=O) groups is 2. The highest BCUT2D eigenvalue weighted by molar-refractivity contribution is 7.85. The van der Waals surface area contributed by atoms with Gasteiger partial charge in [-0.25, -0.2) is 0 Å². The summed E-state index contributed by atoms with van der Waals surface area (Å²) in [5, 5.41) is 30.9. The van der Waals surface area contributed by atoms with E-state index in [1.165, 1.54) is 89.9 Å². The minimum Gasteiger partial charge on any atom is -0.462 e. The van der Waals surface area contributed by atoms with Crippen LogP contribution in [0, 0.1) is 0 Å². The van der Waals surface area contributed by atoms with Crippen molar-refractivity contribution in [3.05, 3.63) is 48.6 Å². The van der Waals surface area contributed by atoms with Crippen LogP contribution in [0.3, 0.4) is 0 Å². The second-order valence-electron chi connectivity index (χ2n) is 16.4. The number of hydrogen-bond donors (Lipinski definition) is 4. The number of aliphatic hydroxyl groups is 3. The summed E-state index contributed by atoms with van der Waals surface area (Å²) in [7, 11) is -4.61. The Labute approximate surface area is 369 Å². The van der Waals surface area contributed by atoms with Crippen LogP contribution in [0.2, 0.25) is 0 Å². The van der Waals surface area contributed by atoms with Crippen molar-refractivity contribution in [3.8, 4) is 0 Å². The van der Waals surface area contributed by atoms with E-state index in [9.17, 15) is 37.9 Å². The maximum Gasteiger partial charge on any atom is 0.306 e. The van der Waals surface area contributed by atoms with Crippen LogP contribution in [0.5, 0.6) is 0 Å². The number of allylic oxidation sites excluding steroid dienone is 8. The number of ether oxygens (including phenoxy) is 4. The van der Waals surface area contributed by atoms with Crippen LogP contribution in [0.4, 0.5) is 0 Å². The third-order valence-corrected chi connectivity index (χ3v) is 11.4. The van der Waals surface area contributed by atoms with Gasteiger partial charge in [-0.1, -0.05) is 172 Å². The summed E-state index contributed by atoms with van der Waals surface area (Å²) in [4.78, 5) is 25.4. The van der Waals surface area contributed by atoms with Crippen LogP contribution < -0.4 is 0 Å². The lowest BCUT2D eigenvalue weighted by atomic mass is 10.00. The third-order valence-electron chi connectivity index (χ3n) is 10.7. The van der Waals surface area contributed by atoms with Crippen molar-refractivity contribution in [1.82, 2.24) is 0 Å². The van der Waals surface area contributed by atoms with Crippen LogP contribution in [0.25, 0.3) is 0 Å². The predicted molar refractivity (Wildman–Crippen MR) is 242 cm³/mol. The highest BCUT2D eigenvalue weighted by Gasteiger charge is 2.46. The van der Waals surface area contributed by atoms with E-state index in [1.807, 2.05) is 0 Å². The number of rotatable bonds is 39. The molecule has 6 atom stereocenters. The Morgan fingerprint density at radius 2 is 1.03 bits per heavy atom. The molecule has 1 fully saturated rings. The van der Waals surface area contributed by atoms with Crippen molar-refractivity contribution in [2.45, 2.75) is 224 Å². The largest absolute Gasteiger partial charge is 0.462 e. The van der Waals surface area contributed by atoms with Crippen LogP contribution in [0.1, 0.15) is 187 Å². The van der Waals surface area contributed by atoms with E-state index in [-0.39, 0.29) is 19.4 Å². The summed E-state index contributed by atoms with van der Waals surface area (Å²) in [6, 6.07) is 0. The zero-order valence-corrected chi connectivity index (χ0v) is 38.6. The predicted octanol–water partition coefficient (Wildman–Crippen LogP) is 9.95.